The Balaban J connectivity index is 1.57. The lowest BCUT2D eigenvalue weighted by molar-refractivity contribution is -0.120. The van der Waals surface area contributed by atoms with Gasteiger partial charge in [-0.25, -0.2) is 13.4 Å². The largest absolute Gasteiger partial charge is 0.301 e. The van der Waals surface area contributed by atoms with Crippen molar-refractivity contribution in [1.82, 2.24) is 9.29 Å². The number of piperidine rings is 1. The van der Waals surface area contributed by atoms with Gasteiger partial charge in [0, 0.05) is 11.4 Å². The van der Waals surface area contributed by atoms with E-state index in [1.54, 1.807) is 17.8 Å². The number of thiophene rings is 1. The number of nitrogens with one attached hydrogen (secondary N) is 1. The first kappa shape index (κ1) is 21.1. The fraction of sp³-hybridized carbons (Fsp3) is 0.333. The van der Waals surface area contributed by atoms with Crippen molar-refractivity contribution in [3.8, 4) is 0 Å². The van der Waals surface area contributed by atoms with Gasteiger partial charge in [0.1, 0.15) is 10.3 Å². The number of rotatable bonds is 5. The number of amides is 1. The van der Waals surface area contributed by atoms with Crippen LogP contribution in [0.2, 0.25) is 4.34 Å². The van der Waals surface area contributed by atoms with Gasteiger partial charge in [-0.3, -0.25) is 4.79 Å². The topological polar surface area (TPSA) is 79.4 Å². The number of fused-ring (bicyclic) bond motifs is 1. The quantitative estimate of drug-likeness (QED) is 0.517. The van der Waals surface area contributed by atoms with E-state index >= 15 is 0 Å². The predicted octanol–water partition coefficient (Wildman–Crippen LogP) is 4.92. The van der Waals surface area contributed by atoms with Crippen LogP contribution >= 0.6 is 46.0 Å². The number of benzene rings is 1. The Morgan fingerprint density at radius 2 is 2.10 bits per heavy atom. The fourth-order valence-corrected chi connectivity index (χ4v) is 7.97. The van der Waals surface area contributed by atoms with Gasteiger partial charge in [-0.2, -0.15) is 4.31 Å². The number of nitrogens with zero attached hydrogens (tertiary/aromatic N) is 2. The summed E-state index contributed by atoms with van der Waals surface area (Å²) in [6, 6.07) is 8.23. The maximum Gasteiger partial charge on any atom is 0.253 e. The SMILES string of the molecule is CSc1ccc2nc(NC(=O)C3CCCCN3S(=O)(=O)c3ccc(Cl)s3)sc2c1. The molecule has 0 saturated carbocycles. The molecule has 0 bridgehead atoms. The highest BCUT2D eigenvalue weighted by atomic mass is 35.5. The van der Waals surface area contributed by atoms with Gasteiger partial charge in [0.25, 0.3) is 10.0 Å². The van der Waals surface area contributed by atoms with E-state index in [4.69, 9.17) is 11.6 Å². The predicted molar refractivity (Wildman–Crippen MR) is 121 cm³/mol. The molecule has 0 aliphatic carbocycles. The molecule has 1 aromatic carbocycles. The summed E-state index contributed by atoms with van der Waals surface area (Å²) in [6.07, 6.45) is 4.00. The standard InChI is InChI=1S/C18H18ClN3O3S4/c1-26-11-5-6-12-14(10-11)27-18(20-12)21-17(23)13-4-2-3-9-22(13)29(24,25)16-8-7-15(19)28-16/h5-8,10,13H,2-4,9H2,1H3,(H,20,21,23). The lowest BCUT2D eigenvalue weighted by Crippen LogP contribution is -2.49. The monoisotopic (exact) mass is 487 g/mol. The second-order valence-corrected chi connectivity index (χ2v) is 12.3. The molecule has 11 heteroatoms. The molecule has 0 spiro atoms. The molecule has 4 rings (SSSR count). The van der Waals surface area contributed by atoms with E-state index < -0.39 is 16.1 Å². The average molecular weight is 488 g/mol. The summed E-state index contributed by atoms with van der Waals surface area (Å²) in [5, 5.41) is 3.31. The van der Waals surface area contributed by atoms with Gasteiger partial charge in [-0.1, -0.05) is 29.4 Å². The van der Waals surface area contributed by atoms with Crippen LogP contribution in [0.1, 0.15) is 19.3 Å². The van der Waals surface area contributed by atoms with Gasteiger partial charge in [-0.05, 0) is 49.4 Å². The molecule has 6 nitrogen and oxygen atoms in total. The Morgan fingerprint density at radius 3 is 2.83 bits per heavy atom. The molecular formula is C18H18ClN3O3S4. The number of sulfonamides is 1. The summed E-state index contributed by atoms with van der Waals surface area (Å²) in [5.41, 5.74) is 0.810. The Morgan fingerprint density at radius 1 is 1.28 bits per heavy atom. The molecule has 1 atom stereocenters. The average Bonchev–Trinajstić information content (AvgIpc) is 3.33. The summed E-state index contributed by atoms with van der Waals surface area (Å²) in [7, 11) is -3.77. The van der Waals surface area contributed by atoms with Crippen molar-refractivity contribution in [1.29, 1.82) is 0 Å². The van der Waals surface area contributed by atoms with E-state index in [9.17, 15) is 13.2 Å². The number of carbonyl (C=O) groups is 1. The first-order valence-corrected chi connectivity index (χ1v) is 13.6. The first-order chi connectivity index (χ1) is 13.9. The van der Waals surface area contributed by atoms with E-state index in [1.165, 1.54) is 21.7 Å². The lowest BCUT2D eigenvalue weighted by Gasteiger charge is -2.32. The van der Waals surface area contributed by atoms with Gasteiger partial charge >= 0.3 is 0 Å². The minimum atomic E-state index is -3.77. The fourth-order valence-electron chi connectivity index (χ4n) is 3.28. The van der Waals surface area contributed by atoms with E-state index in [2.05, 4.69) is 10.3 Å². The minimum Gasteiger partial charge on any atom is -0.301 e. The number of carbonyl (C=O) groups excluding carboxylic acids is 1. The van der Waals surface area contributed by atoms with Crippen LogP contribution in [0.5, 0.6) is 0 Å². The number of thiazole rings is 1. The van der Waals surface area contributed by atoms with Crippen LogP contribution < -0.4 is 5.32 Å². The Bertz CT molecular complexity index is 1160. The summed E-state index contributed by atoms with van der Waals surface area (Å²) in [6.45, 7) is 0.312. The number of anilines is 1. The Kier molecular flexibility index (Phi) is 6.19. The van der Waals surface area contributed by atoms with E-state index in [-0.39, 0.29) is 10.1 Å². The van der Waals surface area contributed by atoms with Gasteiger partial charge in [-0.15, -0.1) is 23.1 Å². The third-order valence-corrected chi connectivity index (χ3v) is 9.96. The molecule has 1 aliphatic rings. The highest BCUT2D eigenvalue weighted by Crippen LogP contribution is 2.33. The molecule has 3 heterocycles. The molecule has 29 heavy (non-hydrogen) atoms. The van der Waals surface area contributed by atoms with Crippen molar-refractivity contribution < 1.29 is 13.2 Å². The maximum absolute atomic E-state index is 13.1. The lowest BCUT2D eigenvalue weighted by atomic mass is 10.0. The Hall–Kier alpha value is -1.17. The van der Waals surface area contributed by atoms with Crippen molar-refractivity contribution in [2.75, 3.05) is 18.1 Å². The van der Waals surface area contributed by atoms with Crippen LogP contribution in [0.25, 0.3) is 10.2 Å². The molecule has 1 N–H and O–H groups in total. The first-order valence-electron chi connectivity index (χ1n) is 8.91. The maximum atomic E-state index is 13.1. The van der Waals surface area contributed by atoms with Crippen molar-refractivity contribution in [2.24, 2.45) is 0 Å². The van der Waals surface area contributed by atoms with Crippen molar-refractivity contribution in [3.05, 3.63) is 34.7 Å². The molecule has 1 fully saturated rings. The summed E-state index contributed by atoms with van der Waals surface area (Å²) in [4.78, 5) is 18.6. The van der Waals surface area contributed by atoms with Crippen LogP contribution in [-0.2, 0) is 14.8 Å². The van der Waals surface area contributed by atoms with Crippen LogP contribution in [0.3, 0.4) is 0 Å². The second kappa shape index (κ2) is 8.52. The van der Waals surface area contributed by atoms with Gasteiger partial charge < -0.3 is 5.32 Å². The normalized spacial score (nSPS) is 18.2. The number of hydrogen-bond acceptors (Lipinski definition) is 7. The third kappa shape index (κ3) is 4.33. The molecule has 154 valence electrons. The number of halogens is 1. The molecule has 1 unspecified atom stereocenters. The Labute approximate surface area is 186 Å². The van der Waals surface area contributed by atoms with E-state index in [0.717, 1.165) is 39.3 Å². The van der Waals surface area contributed by atoms with E-state index in [1.807, 2.05) is 24.5 Å². The zero-order valence-corrected chi connectivity index (χ0v) is 19.4. The molecule has 1 saturated heterocycles. The molecule has 2 aromatic heterocycles. The van der Waals surface area contributed by atoms with Crippen molar-refractivity contribution in [2.45, 2.75) is 34.4 Å². The zero-order chi connectivity index (χ0) is 20.6. The molecular weight excluding hydrogens is 470 g/mol. The van der Waals surface area contributed by atoms with Crippen LogP contribution in [0, 0.1) is 0 Å². The number of aromatic nitrogens is 1. The zero-order valence-electron chi connectivity index (χ0n) is 15.4. The number of hydrogen-bond donors (Lipinski definition) is 1. The molecule has 0 radical (unpaired) electrons. The summed E-state index contributed by atoms with van der Waals surface area (Å²) in [5.74, 6) is -0.347. The molecule has 3 aromatic rings. The number of thioether (sulfide) groups is 1. The summed E-state index contributed by atoms with van der Waals surface area (Å²) < 4.78 is 29.0. The van der Waals surface area contributed by atoms with Crippen LogP contribution in [0.15, 0.2) is 39.4 Å². The third-order valence-electron chi connectivity index (χ3n) is 4.69. The van der Waals surface area contributed by atoms with Gasteiger partial charge in [0.15, 0.2) is 5.13 Å². The van der Waals surface area contributed by atoms with Crippen molar-refractivity contribution in [3.63, 3.8) is 0 Å². The highest BCUT2D eigenvalue weighted by Gasteiger charge is 2.38. The summed E-state index contributed by atoms with van der Waals surface area (Å²) >= 11 is 9.95. The van der Waals surface area contributed by atoms with Crippen molar-refractivity contribution >= 4 is 77.3 Å². The van der Waals surface area contributed by atoms with Crippen LogP contribution in [-0.4, -0.2) is 42.5 Å². The second-order valence-electron chi connectivity index (χ2n) is 6.53. The minimum absolute atomic E-state index is 0.159. The van der Waals surface area contributed by atoms with Gasteiger partial charge in [0.2, 0.25) is 5.91 Å². The highest BCUT2D eigenvalue weighted by molar-refractivity contribution is 7.98. The van der Waals surface area contributed by atoms with Crippen LogP contribution in [0.4, 0.5) is 5.13 Å². The molecule has 1 aliphatic heterocycles. The van der Waals surface area contributed by atoms with E-state index in [0.29, 0.717) is 22.4 Å². The molecule has 1 amide bonds. The van der Waals surface area contributed by atoms with Gasteiger partial charge in [0.05, 0.1) is 14.6 Å². The smallest absolute Gasteiger partial charge is 0.253 e.